The number of benzene rings is 1. The Morgan fingerprint density at radius 2 is 1.50 bits per heavy atom. The fourth-order valence-corrected chi connectivity index (χ4v) is 2.07. The Morgan fingerprint density at radius 3 is 1.88 bits per heavy atom. The summed E-state index contributed by atoms with van der Waals surface area (Å²) in [7, 11) is 3.91. The van der Waals surface area contributed by atoms with Gasteiger partial charge in [-0.3, -0.25) is 4.79 Å². The van der Waals surface area contributed by atoms with E-state index in [-0.39, 0.29) is 23.3 Å². The third-order valence-corrected chi connectivity index (χ3v) is 3.15. The molecular formula is C14H13F3N2O5. The van der Waals surface area contributed by atoms with Gasteiger partial charge in [-0.05, 0) is 0 Å². The van der Waals surface area contributed by atoms with Crippen LogP contribution in [0.4, 0.5) is 13.2 Å². The van der Waals surface area contributed by atoms with E-state index in [1.807, 2.05) is 0 Å². The molecule has 0 aliphatic heterocycles. The van der Waals surface area contributed by atoms with Crippen molar-refractivity contribution in [3.8, 4) is 22.9 Å². The van der Waals surface area contributed by atoms with Crippen LogP contribution < -0.4 is 25.5 Å². The lowest BCUT2D eigenvalue weighted by Gasteiger charge is -2.16. The lowest BCUT2D eigenvalue weighted by molar-refractivity contribution is -0.141. The van der Waals surface area contributed by atoms with Crippen LogP contribution in [-0.4, -0.2) is 30.9 Å². The first-order valence-electron chi connectivity index (χ1n) is 6.47. The fraction of sp³-hybridized carbons (Fsp3) is 0.286. The molecule has 1 heterocycles. The van der Waals surface area contributed by atoms with Gasteiger partial charge in [0, 0.05) is 18.2 Å². The SMILES string of the molecule is COc1cc(OC)c(-n2c(=O)cc(C(F)(F)F)[nH]c2=O)c(OC)c1. The van der Waals surface area contributed by atoms with E-state index in [4.69, 9.17) is 14.2 Å². The lowest BCUT2D eigenvalue weighted by atomic mass is 10.2. The van der Waals surface area contributed by atoms with Crippen LogP contribution in [0, 0.1) is 0 Å². The summed E-state index contributed by atoms with van der Waals surface area (Å²) in [6, 6.07) is 3.01. The first-order valence-corrected chi connectivity index (χ1v) is 6.47. The molecule has 0 unspecified atom stereocenters. The Hall–Kier alpha value is -2.91. The van der Waals surface area contributed by atoms with Gasteiger partial charge in [0.2, 0.25) is 0 Å². The highest BCUT2D eigenvalue weighted by Crippen LogP contribution is 2.36. The van der Waals surface area contributed by atoms with Crippen LogP contribution in [0.25, 0.3) is 5.69 Å². The Bertz CT molecular complexity index is 814. The van der Waals surface area contributed by atoms with Crippen molar-refractivity contribution in [3.05, 3.63) is 44.7 Å². The normalized spacial score (nSPS) is 11.2. The molecule has 0 spiro atoms. The van der Waals surface area contributed by atoms with Crippen LogP contribution in [0.3, 0.4) is 0 Å². The molecule has 0 atom stereocenters. The average Bonchev–Trinajstić information content (AvgIpc) is 2.52. The average molecular weight is 346 g/mol. The van der Waals surface area contributed by atoms with Crippen molar-refractivity contribution in [1.82, 2.24) is 9.55 Å². The van der Waals surface area contributed by atoms with Gasteiger partial charge in [-0.15, -0.1) is 0 Å². The molecule has 7 nitrogen and oxygen atoms in total. The highest BCUT2D eigenvalue weighted by atomic mass is 19.4. The van der Waals surface area contributed by atoms with Gasteiger partial charge in [0.15, 0.2) is 11.5 Å². The number of nitrogens with zero attached hydrogens (tertiary/aromatic N) is 1. The van der Waals surface area contributed by atoms with E-state index in [0.29, 0.717) is 10.3 Å². The molecule has 0 fully saturated rings. The smallest absolute Gasteiger partial charge is 0.431 e. The predicted molar refractivity (Wildman–Crippen MR) is 77.3 cm³/mol. The molecule has 2 aromatic rings. The van der Waals surface area contributed by atoms with Gasteiger partial charge in [0.05, 0.1) is 21.3 Å². The molecule has 0 aliphatic carbocycles. The molecule has 0 aliphatic rings. The second-order valence-corrected chi connectivity index (χ2v) is 4.54. The Morgan fingerprint density at radius 1 is 0.958 bits per heavy atom. The molecule has 1 N–H and O–H groups in total. The Balaban J connectivity index is 2.82. The van der Waals surface area contributed by atoms with Gasteiger partial charge in [0.25, 0.3) is 5.56 Å². The van der Waals surface area contributed by atoms with Crippen LogP contribution in [0.5, 0.6) is 17.2 Å². The summed E-state index contributed by atoms with van der Waals surface area (Å²) in [6.45, 7) is 0. The number of ether oxygens (including phenoxy) is 3. The van der Waals surface area contributed by atoms with E-state index in [2.05, 4.69) is 0 Å². The summed E-state index contributed by atoms with van der Waals surface area (Å²) >= 11 is 0. The first kappa shape index (κ1) is 17.4. The molecule has 0 bridgehead atoms. The highest BCUT2D eigenvalue weighted by molar-refractivity contribution is 5.60. The minimum absolute atomic E-state index is 0.0126. The third-order valence-electron chi connectivity index (χ3n) is 3.15. The summed E-state index contributed by atoms with van der Waals surface area (Å²) in [5, 5.41) is 0. The number of H-pyrrole nitrogens is 1. The molecule has 130 valence electrons. The first-order chi connectivity index (χ1) is 11.2. The topological polar surface area (TPSA) is 82.5 Å². The number of aromatic amines is 1. The number of halogens is 3. The number of hydrogen-bond donors (Lipinski definition) is 1. The number of nitrogens with one attached hydrogen (secondary N) is 1. The molecule has 0 radical (unpaired) electrons. The van der Waals surface area contributed by atoms with Gasteiger partial charge < -0.3 is 19.2 Å². The Labute approximate surface area is 133 Å². The summed E-state index contributed by atoms with van der Waals surface area (Å²) in [5.74, 6) is 0.334. The number of methoxy groups -OCH3 is 3. The molecular weight excluding hydrogens is 333 g/mol. The van der Waals surface area contributed by atoms with E-state index in [1.54, 1.807) is 4.98 Å². The zero-order chi connectivity index (χ0) is 18.1. The molecule has 1 aromatic carbocycles. The van der Waals surface area contributed by atoms with Crippen LogP contribution in [-0.2, 0) is 6.18 Å². The van der Waals surface area contributed by atoms with Crippen LogP contribution in [0.1, 0.15) is 5.69 Å². The minimum Gasteiger partial charge on any atom is -0.496 e. The molecule has 2 rings (SSSR count). The predicted octanol–water partition coefficient (Wildman–Crippen LogP) is 1.57. The number of alkyl halides is 3. The molecule has 1 aromatic heterocycles. The van der Waals surface area contributed by atoms with E-state index < -0.39 is 23.1 Å². The fourth-order valence-electron chi connectivity index (χ4n) is 2.07. The van der Waals surface area contributed by atoms with Gasteiger partial charge in [-0.1, -0.05) is 0 Å². The highest BCUT2D eigenvalue weighted by Gasteiger charge is 2.33. The van der Waals surface area contributed by atoms with Crippen molar-refractivity contribution in [2.75, 3.05) is 21.3 Å². The second-order valence-electron chi connectivity index (χ2n) is 4.54. The summed E-state index contributed by atoms with van der Waals surface area (Å²) in [6.07, 6.45) is -4.86. The maximum atomic E-state index is 12.7. The van der Waals surface area contributed by atoms with Crippen LogP contribution in [0.15, 0.2) is 27.8 Å². The van der Waals surface area contributed by atoms with Crippen molar-refractivity contribution in [3.63, 3.8) is 0 Å². The summed E-state index contributed by atoms with van der Waals surface area (Å²) < 4.78 is 53.8. The van der Waals surface area contributed by atoms with Crippen LogP contribution in [0.2, 0.25) is 0 Å². The van der Waals surface area contributed by atoms with Crippen LogP contribution >= 0.6 is 0 Å². The zero-order valence-electron chi connectivity index (χ0n) is 12.9. The van der Waals surface area contributed by atoms with Gasteiger partial charge in [0.1, 0.15) is 17.1 Å². The molecule has 0 saturated carbocycles. The van der Waals surface area contributed by atoms with E-state index in [9.17, 15) is 22.8 Å². The molecule has 0 amide bonds. The summed E-state index contributed by atoms with van der Waals surface area (Å²) in [4.78, 5) is 25.8. The van der Waals surface area contributed by atoms with Crippen molar-refractivity contribution < 1.29 is 27.4 Å². The van der Waals surface area contributed by atoms with E-state index in [1.165, 1.54) is 33.5 Å². The molecule has 24 heavy (non-hydrogen) atoms. The quantitative estimate of drug-likeness (QED) is 0.909. The zero-order valence-corrected chi connectivity index (χ0v) is 12.9. The van der Waals surface area contributed by atoms with Crippen molar-refractivity contribution >= 4 is 0 Å². The van der Waals surface area contributed by atoms with Gasteiger partial charge in [-0.2, -0.15) is 13.2 Å². The number of hydrogen-bond acceptors (Lipinski definition) is 5. The molecule has 0 saturated heterocycles. The van der Waals surface area contributed by atoms with Gasteiger partial charge >= 0.3 is 11.9 Å². The largest absolute Gasteiger partial charge is 0.496 e. The third kappa shape index (κ3) is 3.07. The van der Waals surface area contributed by atoms with E-state index >= 15 is 0 Å². The van der Waals surface area contributed by atoms with Crippen molar-refractivity contribution in [2.24, 2.45) is 0 Å². The second kappa shape index (κ2) is 6.30. The summed E-state index contributed by atoms with van der Waals surface area (Å²) in [5.41, 5.74) is -4.05. The Kier molecular flexibility index (Phi) is 4.58. The lowest BCUT2D eigenvalue weighted by Crippen LogP contribution is -2.36. The maximum absolute atomic E-state index is 12.7. The number of rotatable bonds is 4. The monoisotopic (exact) mass is 346 g/mol. The molecule has 10 heteroatoms. The van der Waals surface area contributed by atoms with E-state index in [0.717, 1.165) is 0 Å². The standard InChI is InChI=1S/C14H13F3N2O5/c1-22-7-4-8(23-2)12(9(5-7)24-3)19-11(20)6-10(14(15,16)17)18-13(19)21/h4-6H,1-3H3,(H,18,21). The maximum Gasteiger partial charge on any atom is 0.431 e. The number of aromatic nitrogens is 2. The van der Waals surface area contributed by atoms with Crippen molar-refractivity contribution in [1.29, 1.82) is 0 Å². The van der Waals surface area contributed by atoms with Gasteiger partial charge in [-0.25, -0.2) is 9.36 Å². The minimum atomic E-state index is -4.86. The van der Waals surface area contributed by atoms with Crippen molar-refractivity contribution in [2.45, 2.75) is 6.18 Å².